The first kappa shape index (κ1) is 21.6. The Morgan fingerprint density at radius 2 is 1.93 bits per heavy atom. The highest BCUT2D eigenvalue weighted by molar-refractivity contribution is 6.30. The molecule has 0 aromatic heterocycles. The van der Waals surface area contributed by atoms with Crippen LogP contribution in [-0.4, -0.2) is 31.0 Å². The molecule has 1 aliphatic rings. The summed E-state index contributed by atoms with van der Waals surface area (Å²) in [6.45, 7) is 4.16. The third-order valence-corrected chi connectivity index (χ3v) is 5.85. The number of halogens is 2. The smallest absolute Gasteiger partial charge is 0.223 e. The lowest BCUT2D eigenvalue weighted by Gasteiger charge is -2.32. The van der Waals surface area contributed by atoms with Crippen LogP contribution in [0.15, 0.2) is 42.5 Å². The maximum atomic E-state index is 14.0. The number of amides is 1. The molecule has 0 spiro atoms. The third kappa shape index (κ3) is 5.71. The first-order valence-electron chi connectivity index (χ1n) is 10.1. The average Bonchev–Trinajstić information content (AvgIpc) is 2.74. The Morgan fingerprint density at radius 1 is 1.24 bits per heavy atom. The van der Waals surface area contributed by atoms with Gasteiger partial charge in [-0.15, -0.1) is 0 Å². The first-order valence-corrected chi connectivity index (χ1v) is 10.5. The van der Waals surface area contributed by atoms with E-state index in [-0.39, 0.29) is 23.7 Å². The van der Waals surface area contributed by atoms with Gasteiger partial charge in [0.1, 0.15) is 11.6 Å². The van der Waals surface area contributed by atoms with Gasteiger partial charge < -0.3 is 10.1 Å². The third-order valence-electron chi connectivity index (χ3n) is 5.61. The van der Waals surface area contributed by atoms with Gasteiger partial charge in [0.25, 0.3) is 0 Å². The number of hydrogen-bond donors (Lipinski definition) is 1. The van der Waals surface area contributed by atoms with E-state index < -0.39 is 0 Å². The summed E-state index contributed by atoms with van der Waals surface area (Å²) in [4.78, 5) is 15.0. The van der Waals surface area contributed by atoms with Crippen molar-refractivity contribution >= 4 is 17.5 Å². The van der Waals surface area contributed by atoms with Crippen molar-refractivity contribution in [1.82, 2.24) is 10.2 Å². The van der Waals surface area contributed by atoms with Crippen molar-refractivity contribution in [2.24, 2.45) is 5.92 Å². The van der Waals surface area contributed by atoms with E-state index in [1.54, 1.807) is 19.2 Å². The van der Waals surface area contributed by atoms with Crippen molar-refractivity contribution in [3.05, 3.63) is 64.4 Å². The van der Waals surface area contributed by atoms with Crippen molar-refractivity contribution in [3.63, 3.8) is 0 Å². The highest BCUT2D eigenvalue weighted by Crippen LogP contribution is 2.24. The second-order valence-electron chi connectivity index (χ2n) is 7.53. The second-order valence-corrected chi connectivity index (χ2v) is 7.97. The van der Waals surface area contributed by atoms with E-state index in [1.165, 1.54) is 6.07 Å². The predicted octanol–water partition coefficient (Wildman–Crippen LogP) is 4.97. The number of likely N-dealkylation sites (tertiary alicyclic amines) is 1. The lowest BCUT2D eigenvalue weighted by atomic mass is 9.94. The van der Waals surface area contributed by atoms with Crippen LogP contribution in [0.2, 0.25) is 5.02 Å². The van der Waals surface area contributed by atoms with Crippen LogP contribution in [0.25, 0.3) is 0 Å². The summed E-state index contributed by atoms with van der Waals surface area (Å²) < 4.78 is 19.2. The zero-order valence-corrected chi connectivity index (χ0v) is 17.7. The minimum absolute atomic E-state index is 0.00500. The molecule has 0 bridgehead atoms. The fraction of sp³-hybridized carbons (Fsp3) is 0.435. The molecule has 1 saturated heterocycles. The maximum Gasteiger partial charge on any atom is 0.223 e. The van der Waals surface area contributed by atoms with Crippen LogP contribution in [0.1, 0.15) is 43.4 Å². The molecule has 156 valence electrons. The van der Waals surface area contributed by atoms with Gasteiger partial charge in [0, 0.05) is 23.0 Å². The number of nitrogens with zero attached hydrogens (tertiary/aromatic N) is 1. The summed E-state index contributed by atoms with van der Waals surface area (Å²) in [5.74, 6) is 0.626. The zero-order valence-electron chi connectivity index (χ0n) is 17.0. The van der Waals surface area contributed by atoms with E-state index in [2.05, 4.69) is 17.1 Å². The fourth-order valence-corrected chi connectivity index (χ4v) is 3.95. The van der Waals surface area contributed by atoms with Crippen molar-refractivity contribution in [3.8, 4) is 5.75 Å². The van der Waals surface area contributed by atoms with Crippen LogP contribution < -0.4 is 10.1 Å². The van der Waals surface area contributed by atoms with Gasteiger partial charge in [-0.1, -0.05) is 36.7 Å². The first-order chi connectivity index (χ1) is 14.0. The fourth-order valence-electron chi connectivity index (χ4n) is 3.79. The predicted molar refractivity (Wildman–Crippen MR) is 114 cm³/mol. The van der Waals surface area contributed by atoms with Gasteiger partial charge in [0.2, 0.25) is 5.91 Å². The van der Waals surface area contributed by atoms with E-state index in [4.69, 9.17) is 16.3 Å². The molecule has 0 aliphatic carbocycles. The molecule has 1 amide bonds. The van der Waals surface area contributed by atoms with Gasteiger partial charge >= 0.3 is 0 Å². The van der Waals surface area contributed by atoms with Gasteiger partial charge in [0.15, 0.2) is 0 Å². The van der Waals surface area contributed by atoms with Crippen LogP contribution >= 0.6 is 11.6 Å². The number of nitrogens with one attached hydrogen (secondary N) is 1. The molecule has 1 aliphatic heterocycles. The van der Waals surface area contributed by atoms with Crippen molar-refractivity contribution in [2.45, 2.75) is 38.8 Å². The van der Waals surface area contributed by atoms with E-state index in [0.29, 0.717) is 17.1 Å². The molecule has 1 atom stereocenters. The molecule has 2 aromatic carbocycles. The Hall–Kier alpha value is -2.11. The number of piperidine rings is 1. The summed E-state index contributed by atoms with van der Waals surface area (Å²) in [5.41, 5.74) is 1.72. The molecule has 0 saturated carbocycles. The second kappa shape index (κ2) is 10.1. The van der Waals surface area contributed by atoms with E-state index in [1.807, 2.05) is 24.3 Å². The Morgan fingerprint density at radius 3 is 2.52 bits per heavy atom. The molecule has 6 heteroatoms. The van der Waals surface area contributed by atoms with E-state index >= 15 is 0 Å². The molecule has 2 aromatic rings. The number of ether oxygens (including phenoxy) is 1. The topological polar surface area (TPSA) is 41.6 Å². The van der Waals surface area contributed by atoms with Crippen LogP contribution in [0.4, 0.5) is 4.39 Å². The number of hydrogen-bond acceptors (Lipinski definition) is 3. The summed E-state index contributed by atoms with van der Waals surface area (Å²) in [5, 5.41) is 3.60. The molecule has 1 heterocycles. The van der Waals surface area contributed by atoms with Gasteiger partial charge in [-0.05, 0) is 62.2 Å². The Kier molecular flexibility index (Phi) is 7.51. The molecule has 4 nitrogen and oxygen atoms in total. The number of methoxy groups -OCH3 is 1. The number of carbonyl (C=O) groups excluding carboxylic acids is 1. The number of rotatable bonds is 7. The highest BCUT2D eigenvalue weighted by Gasteiger charge is 2.27. The van der Waals surface area contributed by atoms with Crippen molar-refractivity contribution in [1.29, 1.82) is 0 Å². The lowest BCUT2D eigenvalue weighted by Crippen LogP contribution is -2.41. The lowest BCUT2D eigenvalue weighted by molar-refractivity contribution is -0.127. The molecular formula is C23H28ClFN2O2. The minimum Gasteiger partial charge on any atom is -0.497 e. The summed E-state index contributed by atoms with van der Waals surface area (Å²) >= 11 is 5.82. The van der Waals surface area contributed by atoms with Crippen LogP contribution in [0.5, 0.6) is 5.75 Å². The number of benzene rings is 2. The standard InChI is InChI=1S/C23H28ClFN2O2/c1-3-22(16-5-8-20(29-2)9-6-16)26-23(28)17-10-12-27(13-11-17)15-18-4-7-19(24)14-21(18)25/h4-9,14,17,22H,3,10-13,15H2,1-2H3,(H,26,28). The van der Waals surface area contributed by atoms with Crippen molar-refractivity contribution < 1.29 is 13.9 Å². The van der Waals surface area contributed by atoms with Crippen LogP contribution in [0, 0.1) is 11.7 Å². The normalized spacial score (nSPS) is 16.4. The van der Waals surface area contributed by atoms with Gasteiger partial charge in [-0.25, -0.2) is 4.39 Å². The zero-order chi connectivity index (χ0) is 20.8. The highest BCUT2D eigenvalue weighted by atomic mass is 35.5. The van der Waals surface area contributed by atoms with Crippen LogP contribution in [-0.2, 0) is 11.3 Å². The summed E-state index contributed by atoms with van der Waals surface area (Å²) in [7, 11) is 1.64. The molecule has 0 radical (unpaired) electrons. The van der Waals surface area contributed by atoms with Crippen LogP contribution in [0.3, 0.4) is 0 Å². The van der Waals surface area contributed by atoms with Gasteiger partial charge in [-0.3, -0.25) is 9.69 Å². The largest absolute Gasteiger partial charge is 0.497 e. The maximum absolute atomic E-state index is 14.0. The number of carbonyl (C=O) groups is 1. The molecule has 29 heavy (non-hydrogen) atoms. The molecule has 1 unspecified atom stereocenters. The van der Waals surface area contributed by atoms with E-state index in [9.17, 15) is 9.18 Å². The van der Waals surface area contributed by atoms with Gasteiger partial charge in [0.05, 0.1) is 13.2 Å². The Bertz CT molecular complexity index is 820. The van der Waals surface area contributed by atoms with Crippen molar-refractivity contribution in [2.75, 3.05) is 20.2 Å². The average molecular weight is 419 g/mol. The molecule has 1 fully saturated rings. The SMILES string of the molecule is CCC(NC(=O)C1CCN(Cc2ccc(Cl)cc2F)CC1)c1ccc(OC)cc1. The Balaban J connectivity index is 1.52. The summed E-state index contributed by atoms with van der Waals surface area (Å²) in [6, 6.07) is 12.6. The van der Waals surface area contributed by atoms with Gasteiger partial charge in [-0.2, -0.15) is 0 Å². The quantitative estimate of drug-likeness (QED) is 0.690. The summed E-state index contributed by atoms with van der Waals surface area (Å²) in [6.07, 6.45) is 2.38. The molecule has 1 N–H and O–H groups in total. The molecule has 3 rings (SSSR count). The molecular weight excluding hydrogens is 391 g/mol. The Labute approximate surface area is 177 Å². The monoisotopic (exact) mass is 418 g/mol. The minimum atomic E-state index is -0.275. The van der Waals surface area contributed by atoms with E-state index in [0.717, 1.165) is 43.7 Å².